The Bertz CT molecular complexity index is 575. The Morgan fingerprint density at radius 3 is 3.10 bits per heavy atom. The zero-order valence-electron chi connectivity index (χ0n) is 11.9. The maximum absolute atomic E-state index is 5.58. The third-order valence-corrected chi connectivity index (χ3v) is 3.44. The van der Waals surface area contributed by atoms with E-state index in [9.17, 15) is 0 Å². The van der Waals surface area contributed by atoms with Gasteiger partial charge in [0.05, 0.1) is 12.2 Å². The maximum Gasteiger partial charge on any atom is 0.159 e. The molecule has 0 radical (unpaired) electrons. The van der Waals surface area contributed by atoms with Gasteiger partial charge in [0.15, 0.2) is 11.6 Å². The van der Waals surface area contributed by atoms with Crippen molar-refractivity contribution in [3.05, 3.63) is 29.6 Å². The Hall–Kier alpha value is -1.73. The number of hydrogen-bond donors (Lipinski definition) is 1. The fourth-order valence-electron chi connectivity index (χ4n) is 2.49. The molecule has 1 aliphatic rings. The van der Waals surface area contributed by atoms with Crippen molar-refractivity contribution in [2.75, 3.05) is 13.2 Å². The number of aryl methyl sites for hydroxylation is 1. The van der Waals surface area contributed by atoms with Crippen LogP contribution < -0.4 is 5.32 Å². The van der Waals surface area contributed by atoms with Crippen LogP contribution in [0.15, 0.2) is 12.4 Å². The normalized spacial score (nSPS) is 18.2. The van der Waals surface area contributed by atoms with E-state index >= 15 is 0 Å². The molecule has 7 nitrogen and oxygen atoms in total. The van der Waals surface area contributed by atoms with Gasteiger partial charge in [-0.2, -0.15) is 5.10 Å². The Morgan fingerprint density at radius 2 is 2.35 bits per heavy atom. The Morgan fingerprint density at radius 1 is 1.45 bits per heavy atom. The lowest BCUT2D eigenvalue weighted by atomic mass is 10.1. The first-order valence-corrected chi connectivity index (χ1v) is 7.01. The zero-order chi connectivity index (χ0) is 13.9. The van der Waals surface area contributed by atoms with Crippen LogP contribution in [0.2, 0.25) is 0 Å². The second-order valence-electron chi connectivity index (χ2n) is 5.01. The first-order valence-electron chi connectivity index (χ1n) is 7.01. The van der Waals surface area contributed by atoms with Gasteiger partial charge in [0, 0.05) is 38.5 Å². The summed E-state index contributed by atoms with van der Waals surface area (Å²) >= 11 is 0. The van der Waals surface area contributed by atoms with Gasteiger partial charge in [-0.05, 0) is 6.42 Å². The molecule has 2 aromatic heterocycles. The van der Waals surface area contributed by atoms with Crippen molar-refractivity contribution in [3.63, 3.8) is 0 Å². The molecule has 0 fully saturated rings. The summed E-state index contributed by atoms with van der Waals surface area (Å²) in [6, 6.07) is 0.0601. The van der Waals surface area contributed by atoms with Gasteiger partial charge in [-0.3, -0.25) is 4.68 Å². The molecule has 2 aromatic rings. The molecule has 7 heteroatoms. The third kappa shape index (κ3) is 2.46. The number of hydrogen-bond acceptors (Lipinski definition) is 5. The monoisotopic (exact) mass is 276 g/mol. The molecule has 0 bridgehead atoms. The molecule has 3 rings (SSSR count). The SMILES string of the molecule is CCCOCc1nnc2n1CCNC2c1cnn(C)c1. The predicted molar refractivity (Wildman–Crippen MR) is 73.0 cm³/mol. The average molecular weight is 276 g/mol. The molecule has 1 atom stereocenters. The number of nitrogens with zero attached hydrogens (tertiary/aromatic N) is 5. The van der Waals surface area contributed by atoms with E-state index in [1.807, 2.05) is 19.4 Å². The minimum atomic E-state index is 0.0601. The van der Waals surface area contributed by atoms with Gasteiger partial charge >= 0.3 is 0 Å². The highest BCUT2D eigenvalue weighted by Gasteiger charge is 2.26. The average Bonchev–Trinajstić information content (AvgIpc) is 3.06. The second kappa shape index (κ2) is 5.72. The molecule has 0 spiro atoms. The molecule has 1 aliphatic heterocycles. The lowest BCUT2D eigenvalue weighted by Crippen LogP contribution is -2.34. The smallest absolute Gasteiger partial charge is 0.159 e. The molecule has 0 saturated heterocycles. The lowest BCUT2D eigenvalue weighted by molar-refractivity contribution is 0.112. The molecular weight excluding hydrogens is 256 g/mol. The number of ether oxygens (including phenoxy) is 1. The van der Waals surface area contributed by atoms with E-state index < -0.39 is 0 Å². The van der Waals surface area contributed by atoms with Crippen LogP contribution in [-0.4, -0.2) is 37.7 Å². The molecule has 0 aromatic carbocycles. The minimum absolute atomic E-state index is 0.0601. The van der Waals surface area contributed by atoms with E-state index in [1.54, 1.807) is 4.68 Å². The standard InChI is InChI=1S/C13H20N6O/c1-3-6-20-9-11-16-17-13-12(14-4-5-19(11)13)10-7-15-18(2)8-10/h7-8,12,14H,3-6,9H2,1-2H3. The topological polar surface area (TPSA) is 69.8 Å². The fourth-order valence-corrected chi connectivity index (χ4v) is 2.49. The highest BCUT2D eigenvalue weighted by atomic mass is 16.5. The predicted octanol–water partition coefficient (Wildman–Crippen LogP) is 0.631. The van der Waals surface area contributed by atoms with Gasteiger partial charge < -0.3 is 14.6 Å². The summed E-state index contributed by atoms with van der Waals surface area (Å²) in [6.45, 7) is 5.16. The summed E-state index contributed by atoms with van der Waals surface area (Å²) in [6.07, 6.45) is 4.89. The van der Waals surface area contributed by atoms with E-state index in [1.165, 1.54) is 0 Å². The summed E-state index contributed by atoms with van der Waals surface area (Å²) < 4.78 is 9.54. The molecule has 1 unspecified atom stereocenters. The van der Waals surface area contributed by atoms with Crippen LogP contribution in [0, 0.1) is 0 Å². The first-order chi connectivity index (χ1) is 9.79. The summed E-state index contributed by atoms with van der Waals surface area (Å²) in [4.78, 5) is 0. The van der Waals surface area contributed by atoms with Gasteiger partial charge in [0.1, 0.15) is 6.61 Å². The third-order valence-electron chi connectivity index (χ3n) is 3.44. The van der Waals surface area contributed by atoms with Crippen LogP contribution in [0.1, 0.15) is 36.6 Å². The molecular formula is C13H20N6O. The van der Waals surface area contributed by atoms with Crippen LogP contribution >= 0.6 is 0 Å². The largest absolute Gasteiger partial charge is 0.373 e. The van der Waals surface area contributed by atoms with Crippen molar-refractivity contribution < 1.29 is 4.74 Å². The van der Waals surface area contributed by atoms with Gasteiger partial charge in [-0.15, -0.1) is 10.2 Å². The number of rotatable bonds is 5. The molecule has 0 amide bonds. The molecule has 0 aliphatic carbocycles. The molecule has 0 saturated carbocycles. The van der Waals surface area contributed by atoms with Crippen LogP contribution in [0.5, 0.6) is 0 Å². The van der Waals surface area contributed by atoms with Crippen molar-refractivity contribution in [2.24, 2.45) is 7.05 Å². The maximum atomic E-state index is 5.58. The fraction of sp³-hybridized carbons (Fsp3) is 0.615. The van der Waals surface area contributed by atoms with Crippen LogP contribution in [-0.2, 0) is 24.9 Å². The van der Waals surface area contributed by atoms with E-state index in [-0.39, 0.29) is 6.04 Å². The van der Waals surface area contributed by atoms with Crippen LogP contribution in [0.3, 0.4) is 0 Å². The van der Waals surface area contributed by atoms with Gasteiger partial charge in [0.2, 0.25) is 0 Å². The van der Waals surface area contributed by atoms with E-state index in [0.717, 1.165) is 43.3 Å². The van der Waals surface area contributed by atoms with E-state index in [0.29, 0.717) is 6.61 Å². The van der Waals surface area contributed by atoms with Crippen molar-refractivity contribution in [1.82, 2.24) is 29.9 Å². The molecule has 3 heterocycles. The molecule has 108 valence electrons. The van der Waals surface area contributed by atoms with Crippen molar-refractivity contribution in [3.8, 4) is 0 Å². The van der Waals surface area contributed by atoms with Crippen molar-refractivity contribution in [1.29, 1.82) is 0 Å². The zero-order valence-corrected chi connectivity index (χ0v) is 11.9. The highest BCUT2D eigenvalue weighted by molar-refractivity contribution is 5.21. The quantitative estimate of drug-likeness (QED) is 0.811. The van der Waals surface area contributed by atoms with Crippen molar-refractivity contribution in [2.45, 2.75) is 32.5 Å². The van der Waals surface area contributed by atoms with Crippen LogP contribution in [0.4, 0.5) is 0 Å². The van der Waals surface area contributed by atoms with Gasteiger partial charge in [0.25, 0.3) is 0 Å². The Labute approximate surface area is 117 Å². The number of aromatic nitrogens is 5. The Balaban J connectivity index is 1.83. The van der Waals surface area contributed by atoms with E-state index in [4.69, 9.17) is 4.74 Å². The number of fused-ring (bicyclic) bond motifs is 1. The highest BCUT2D eigenvalue weighted by Crippen LogP contribution is 2.23. The van der Waals surface area contributed by atoms with E-state index in [2.05, 4.69) is 32.1 Å². The summed E-state index contributed by atoms with van der Waals surface area (Å²) in [7, 11) is 1.92. The van der Waals surface area contributed by atoms with Gasteiger partial charge in [-0.25, -0.2) is 0 Å². The summed E-state index contributed by atoms with van der Waals surface area (Å²) in [5, 5.41) is 16.3. The summed E-state index contributed by atoms with van der Waals surface area (Å²) in [5.41, 5.74) is 1.11. The number of nitrogens with one attached hydrogen (secondary N) is 1. The van der Waals surface area contributed by atoms with Crippen molar-refractivity contribution >= 4 is 0 Å². The minimum Gasteiger partial charge on any atom is -0.373 e. The Kier molecular flexibility index (Phi) is 3.79. The molecule has 20 heavy (non-hydrogen) atoms. The van der Waals surface area contributed by atoms with Crippen LogP contribution in [0.25, 0.3) is 0 Å². The van der Waals surface area contributed by atoms with Gasteiger partial charge in [-0.1, -0.05) is 6.92 Å². The second-order valence-corrected chi connectivity index (χ2v) is 5.01. The lowest BCUT2D eigenvalue weighted by Gasteiger charge is -2.24. The summed E-state index contributed by atoms with van der Waals surface area (Å²) in [5.74, 6) is 1.85. The first kappa shape index (κ1) is 13.3. The molecule has 1 N–H and O–H groups in total.